The van der Waals surface area contributed by atoms with E-state index in [-0.39, 0.29) is 5.88 Å². The van der Waals surface area contributed by atoms with Gasteiger partial charge in [0, 0.05) is 11.1 Å². The second-order valence-electron chi connectivity index (χ2n) is 5.07. The molecule has 1 amide bonds. The van der Waals surface area contributed by atoms with Gasteiger partial charge in [-0.1, -0.05) is 6.92 Å². The molecule has 0 spiro atoms. The van der Waals surface area contributed by atoms with Crippen LogP contribution in [0.5, 0.6) is 5.88 Å². The van der Waals surface area contributed by atoms with Crippen molar-refractivity contribution in [3.63, 3.8) is 0 Å². The molecule has 2 N–H and O–H groups in total. The van der Waals surface area contributed by atoms with E-state index in [4.69, 9.17) is 4.74 Å². The van der Waals surface area contributed by atoms with Crippen LogP contribution in [0, 0.1) is 6.92 Å². The molecule has 0 atom stereocenters. The quantitative estimate of drug-likeness (QED) is 0.720. The van der Waals surface area contributed by atoms with Crippen molar-refractivity contribution >= 4 is 33.9 Å². The molecule has 0 fully saturated rings. The molecule has 0 radical (unpaired) electrons. The molecule has 0 bridgehead atoms. The van der Waals surface area contributed by atoms with Crippen molar-refractivity contribution in [2.45, 2.75) is 20.3 Å². The van der Waals surface area contributed by atoms with E-state index in [2.05, 4.69) is 30.6 Å². The predicted octanol–water partition coefficient (Wildman–Crippen LogP) is 3.55. The number of carbonyl (C=O) groups is 1. The van der Waals surface area contributed by atoms with E-state index in [9.17, 15) is 4.79 Å². The van der Waals surface area contributed by atoms with Gasteiger partial charge >= 0.3 is 6.09 Å². The summed E-state index contributed by atoms with van der Waals surface area (Å²) in [6.45, 7) is 3.83. The lowest BCUT2D eigenvalue weighted by molar-refractivity contribution is 0.213. The fourth-order valence-electron chi connectivity index (χ4n) is 1.98. The van der Waals surface area contributed by atoms with Crippen LogP contribution in [0.3, 0.4) is 0 Å². The van der Waals surface area contributed by atoms with Crippen molar-refractivity contribution in [3.8, 4) is 5.88 Å². The highest BCUT2D eigenvalue weighted by Gasteiger charge is 2.14. The first-order valence-electron chi connectivity index (χ1n) is 7.57. The van der Waals surface area contributed by atoms with E-state index in [1.807, 2.05) is 25.3 Å². The zero-order valence-electron chi connectivity index (χ0n) is 13.7. The normalized spacial score (nSPS) is 10.3. The maximum atomic E-state index is 12.1. The summed E-state index contributed by atoms with van der Waals surface area (Å²) in [5, 5.41) is 8.00. The van der Waals surface area contributed by atoms with Gasteiger partial charge in [0.1, 0.15) is 12.0 Å². The van der Waals surface area contributed by atoms with Crippen LogP contribution in [0.25, 0.3) is 0 Å². The molecule has 25 heavy (non-hydrogen) atoms. The molecule has 8 nitrogen and oxygen atoms in total. The Balaban J connectivity index is 1.79. The summed E-state index contributed by atoms with van der Waals surface area (Å²) in [4.78, 5) is 28.6. The Hall–Kier alpha value is -3.07. The van der Waals surface area contributed by atoms with Crippen molar-refractivity contribution in [2.24, 2.45) is 0 Å². The lowest BCUT2D eigenvalue weighted by Gasteiger charge is -2.12. The number of hydrogen-bond donors (Lipinski definition) is 2. The molecule has 0 aliphatic carbocycles. The summed E-state index contributed by atoms with van der Waals surface area (Å²) in [5.74, 6) is 0.175. The second-order valence-corrected chi connectivity index (χ2v) is 5.93. The third-order valence-electron chi connectivity index (χ3n) is 3.14. The summed E-state index contributed by atoms with van der Waals surface area (Å²) in [6.07, 6.45) is 4.73. The van der Waals surface area contributed by atoms with Crippen LogP contribution < -0.4 is 15.4 Å². The summed E-state index contributed by atoms with van der Waals surface area (Å²) in [5.41, 5.74) is 2.84. The van der Waals surface area contributed by atoms with Crippen molar-refractivity contribution in [1.82, 2.24) is 19.9 Å². The van der Waals surface area contributed by atoms with E-state index < -0.39 is 6.09 Å². The molecule has 3 heterocycles. The number of anilines is 3. The van der Waals surface area contributed by atoms with Gasteiger partial charge in [0.2, 0.25) is 5.88 Å². The lowest BCUT2D eigenvalue weighted by Crippen LogP contribution is -2.18. The first-order chi connectivity index (χ1) is 12.1. The van der Waals surface area contributed by atoms with Gasteiger partial charge in [-0.15, -0.1) is 11.3 Å². The monoisotopic (exact) mass is 356 g/mol. The molecular formula is C16H16N6O2S. The smallest absolute Gasteiger partial charge is 0.389 e. The number of nitrogens with zero attached hydrogens (tertiary/aromatic N) is 4. The van der Waals surface area contributed by atoms with Gasteiger partial charge in [-0.2, -0.15) is 0 Å². The van der Waals surface area contributed by atoms with Crippen LogP contribution in [-0.2, 0) is 6.42 Å². The minimum absolute atomic E-state index is 0.175. The van der Waals surface area contributed by atoms with E-state index in [1.165, 1.54) is 17.7 Å². The number of aromatic nitrogens is 4. The molecule has 0 unspecified atom stereocenters. The Morgan fingerprint density at radius 3 is 2.72 bits per heavy atom. The zero-order valence-corrected chi connectivity index (χ0v) is 14.5. The Bertz CT molecular complexity index is 868. The highest BCUT2D eigenvalue weighted by Crippen LogP contribution is 2.26. The molecule has 128 valence electrons. The van der Waals surface area contributed by atoms with Gasteiger partial charge in [0.15, 0.2) is 5.13 Å². The van der Waals surface area contributed by atoms with Crippen LogP contribution in [-0.4, -0.2) is 26.0 Å². The largest absolute Gasteiger partial charge is 0.420 e. The number of nitrogens with one attached hydrogen (secondary N) is 2. The Morgan fingerprint density at radius 1 is 1.24 bits per heavy atom. The average Bonchev–Trinajstić information content (AvgIpc) is 3.02. The number of rotatable bonds is 5. The average molecular weight is 356 g/mol. The maximum Gasteiger partial charge on any atom is 0.420 e. The topological polar surface area (TPSA) is 102 Å². The number of hydrogen-bond acceptors (Lipinski definition) is 8. The van der Waals surface area contributed by atoms with Gasteiger partial charge in [-0.3, -0.25) is 5.32 Å². The van der Waals surface area contributed by atoms with Crippen molar-refractivity contribution in [1.29, 1.82) is 0 Å². The Kier molecular flexibility index (Phi) is 5.14. The Morgan fingerprint density at radius 2 is 2.04 bits per heavy atom. The zero-order chi connectivity index (χ0) is 17.6. The number of pyridine rings is 1. The predicted molar refractivity (Wildman–Crippen MR) is 95.4 cm³/mol. The van der Waals surface area contributed by atoms with Crippen LogP contribution >= 0.6 is 11.3 Å². The summed E-state index contributed by atoms with van der Waals surface area (Å²) >= 11 is 1.33. The molecule has 0 aliphatic heterocycles. The maximum absolute atomic E-state index is 12.1. The molecule has 3 rings (SSSR count). The fourth-order valence-corrected chi connectivity index (χ4v) is 2.65. The molecule has 3 aromatic heterocycles. The minimum atomic E-state index is -0.650. The summed E-state index contributed by atoms with van der Waals surface area (Å²) in [6, 6.07) is 3.66. The van der Waals surface area contributed by atoms with Crippen LogP contribution in [0.4, 0.5) is 21.3 Å². The number of thiazole rings is 1. The first kappa shape index (κ1) is 16.8. The number of amides is 1. The molecule has 3 aromatic rings. The summed E-state index contributed by atoms with van der Waals surface area (Å²) < 4.78 is 5.38. The SMILES string of the molecule is CCc1ccc(Nc2cncnc2)c(OC(=O)Nc2nc(C)cs2)n1. The van der Waals surface area contributed by atoms with E-state index in [0.29, 0.717) is 16.5 Å². The van der Waals surface area contributed by atoms with Crippen LogP contribution in [0.1, 0.15) is 18.3 Å². The molecule has 9 heteroatoms. The molecule has 0 aromatic carbocycles. The van der Waals surface area contributed by atoms with Gasteiger partial charge in [0.05, 0.1) is 23.8 Å². The number of carbonyl (C=O) groups excluding carboxylic acids is 1. The highest BCUT2D eigenvalue weighted by atomic mass is 32.1. The molecule has 0 saturated heterocycles. The number of ether oxygens (including phenoxy) is 1. The second kappa shape index (κ2) is 7.67. The molecule has 0 aliphatic rings. The van der Waals surface area contributed by atoms with Crippen LogP contribution in [0.2, 0.25) is 0 Å². The van der Waals surface area contributed by atoms with Gasteiger partial charge in [0.25, 0.3) is 0 Å². The molecular weight excluding hydrogens is 340 g/mol. The van der Waals surface area contributed by atoms with Gasteiger partial charge in [-0.05, 0) is 25.5 Å². The Labute approximate surface area is 148 Å². The van der Waals surface area contributed by atoms with Crippen molar-refractivity contribution in [3.05, 3.63) is 47.6 Å². The van der Waals surface area contributed by atoms with E-state index in [0.717, 1.165) is 17.8 Å². The van der Waals surface area contributed by atoms with Crippen molar-refractivity contribution in [2.75, 3.05) is 10.6 Å². The van der Waals surface area contributed by atoms with E-state index >= 15 is 0 Å². The first-order valence-corrected chi connectivity index (χ1v) is 8.45. The fraction of sp³-hybridized carbons (Fsp3) is 0.188. The minimum Gasteiger partial charge on any atom is -0.389 e. The van der Waals surface area contributed by atoms with E-state index in [1.54, 1.807) is 18.5 Å². The summed E-state index contributed by atoms with van der Waals surface area (Å²) in [7, 11) is 0. The molecule has 0 saturated carbocycles. The van der Waals surface area contributed by atoms with Gasteiger partial charge < -0.3 is 10.1 Å². The highest BCUT2D eigenvalue weighted by molar-refractivity contribution is 7.13. The van der Waals surface area contributed by atoms with Gasteiger partial charge in [-0.25, -0.2) is 24.7 Å². The lowest BCUT2D eigenvalue weighted by atomic mass is 10.2. The number of aryl methyl sites for hydroxylation is 2. The van der Waals surface area contributed by atoms with Crippen LogP contribution in [0.15, 0.2) is 36.2 Å². The third-order valence-corrected chi connectivity index (χ3v) is 4.01. The third kappa shape index (κ3) is 4.48. The standard InChI is InChI=1S/C16H16N6O2S/c1-3-11-4-5-13(20-12-6-17-9-18-7-12)14(21-11)24-16(23)22-15-19-10(2)8-25-15/h4-9,20H,3H2,1-2H3,(H,19,22,23). The van der Waals surface area contributed by atoms with Crippen molar-refractivity contribution < 1.29 is 9.53 Å².